The van der Waals surface area contributed by atoms with Gasteiger partial charge in [-0.2, -0.15) is 4.68 Å². The third-order valence-electron chi connectivity index (χ3n) is 3.50. The number of halogens is 1. The average molecular weight is 388 g/mol. The molecule has 3 rings (SSSR count). The monoisotopic (exact) mass is 388 g/mol. The summed E-state index contributed by atoms with van der Waals surface area (Å²) in [5.74, 6) is -0.899. The summed E-state index contributed by atoms with van der Waals surface area (Å²) in [7, 11) is 0. The maximum atomic E-state index is 13.4. The number of thioether (sulfide) groups is 1. The summed E-state index contributed by atoms with van der Waals surface area (Å²) in [5.41, 5.74) is 0.311. The predicted molar refractivity (Wildman–Crippen MR) is 96.2 cm³/mol. The second kappa shape index (κ2) is 7.91. The van der Waals surface area contributed by atoms with Crippen LogP contribution in [0.1, 0.15) is 6.92 Å². The van der Waals surface area contributed by atoms with E-state index in [1.807, 2.05) is 0 Å². The van der Waals surface area contributed by atoms with Crippen molar-refractivity contribution in [2.24, 2.45) is 0 Å². The van der Waals surface area contributed by atoms with E-state index in [-0.39, 0.29) is 16.5 Å². The van der Waals surface area contributed by atoms with Gasteiger partial charge >= 0.3 is 0 Å². The fraction of sp³-hybridized carbons (Fsp3) is 0.125. The summed E-state index contributed by atoms with van der Waals surface area (Å²) >= 11 is 1.04. The van der Waals surface area contributed by atoms with Gasteiger partial charge in [-0.3, -0.25) is 14.9 Å². The topological polar surface area (TPSA) is 116 Å². The van der Waals surface area contributed by atoms with E-state index >= 15 is 0 Å². The molecule has 11 heteroatoms. The number of carbonyl (C=O) groups is 1. The highest BCUT2D eigenvalue weighted by molar-refractivity contribution is 8.00. The molecule has 1 heterocycles. The molecule has 0 aliphatic heterocycles. The van der Waals surface area contributed by atoms with Crippen molar-refractivity contribution in [2.45, 2.75) is 17.3 Å². The molecule has 1 aromatic heterocycles. The summed E-state index contributed by atoms with van der Waals surface area (Å²) in [5, 5.41) is 24.4. The number of hydrogen-bond acceptors (Lipinski definition) is 7. The lowest BCUT2D eigenvalue weighted by molar-refractivity contribution is -0.383. The highest BCUT2D eigenvalue weighted by Crippen LogP contribution is 2.27. The molecule has 1 amide bonds. The van der Waals surface area contributed by atoms with Gasteiger partial charge in [-0.25, -0.2) is 4.39 Å². The van der Waals surface area contributed by atoms with Crippen molar-refractivity contribution in [1.82, 2.24) is 20.2 Å². The standard InChI is InChI=1S/C16H13FN6O3S/c1-10(15(24)18-13-7-2-3-8-14(13)23(25)26)27-16-19-20-21-22(16)12-6-4-5-11(17)9-12/h2-10H,1H3,(H,18,24)/t10-/m1/s1. The number of nitro benzene ring substituents is 1. The number of rotatable bonds is 6. The van der Waals surface area contributed by atoms with Crippen LogP contribution in [0, 0.1) is 15.9 Å². The van der Waals surface area contributed by atoms with Crippen LogP contribution in [-0.2, 0) is 4.79 Å². The quantitative estimate of drug-likeness (QED) is 0.392. The van der Waals surface area contributed by atoms with Crippen molar-refractivity contribution in [1.29, 1.82) is 0 Å². The number of aromatic nitrogens is 4. The van der Waals surface area contributed by atoms with Gasteiger partial charge in [0.15, 0.2) is 0 Å². The Morgan fingerprint density at radius 2 is 2.07 bits per heavy atom. The lowest BCUT2D eigenvalue weighted by Crippen LogP contribution is -2.23. The van der Waals surface area contributed by atoms with E-state index in [0.29, 0.717) is 5.69 Å². The molecular formula is C16H13FN6O3S. The third kappa shape index (κ3) is 4.26. The summed E-state index contributed by atoms with van der Waals surface area (Å²) in [6, 6.07) is 11.6. The normalized spacial score (nSPS) is 11.8. The molecule has 9 nitrogen and oxygen atoms in total. The zero-order valence-electron chi connectivity index (χ0n) is 13.9. The minimum Gasteiger partial charge on any atom is -0.319 e. The first-order valence-electron chi connectivity index (χ1n) is 7.71. The molecule has 0 fully saturated rings. The van der Waals surface area contributed by atoms with Crippen molar-refractivity contribution in [3.05, 3.63) is 64.5 Å². The maximum Gasteiger partial charge on any atom is 0.292 e. The average Bonchev–Trinajstić information content (AvgIpc) is 3.10. The van der Waals surface area contributed by atoms with Crippen molar-refractivity contribution < 1.29 is 14.1 Å². The Kier molecular flexibility index (Phi) is 5.41. The fourth-order valence-electron chi connectivity index (χ4n) is 2.21. The van der Waals surface area contributed by atoms with Crippen molar-refractivity contribution in [3.63, 3.8) is 0 Å². The molecule has 0 radical (unpaired) electrons. The number of anilines is 1. The maximum absolute atomic E-state index is 13.4. The second-order valence-corrected chi connectivity index (χ2v) is 6.68. The van der Waals surface area contributed by atoms with Gasteiger partial charge < -0.3 is 5.32 Å². The molecule has 0 bridgehead atoms. The van der Waals surface area contributed by atoms with Crippen LogP contribution in [0.5, 0.6) is 0 Å². The third-order valence-corrected chi connectivity index (χ3v) is 4.54. The number of amides is 1. The molecule has 0 aliphatic rings. The van der Waals surface area contributed by atoms with Crippen LogP contribution < -0.4 is 5.32 Å². The summed E-state index contributed by atoms with van der Waals surface area (Å²) in [6.45, 7) is 1.61. The van der Waals surface area contributed by atoms with E-state index in [9.17, 15) is 19.3 Å². The number of hydrogen-bond donors (Lipinski definition) is 1. The molecular weight excluding hydrogens is 375 g/mol. The number of nitro groups is 1. The number of carbonyl (C=O) groups excluding carboxylic acids is 1. The van der Waals surface area contributed by atoms with Crippen LogP contribution >= 0.6 is 11.8 Å². The zero-order valence-corrected chi connectivity index (χ0v) is 14.8. The summed E-state index contributed by atoms with van der Waals surface area (Å²) < 4.78 is 14.7. The lowest BCUT2D eigenvalue weighted by Gasteiger charge is -2.12. The van der Waals surface area contributed by atoms with Crippen LogP contribution in [0.3, 0.4) is 0 Å². The van der Waals surface area contributed by atoms with Crippen LogP contribution in [-0.4, -0.2) is 36.3 Å². The summed E-state index contributed by atoms with van der Waals surface area (Å²) in [6.07, 6.45) is 0. The minimum absolute atomic E-state index is 0.102. The molecule has 0 unspecified atom stereocenters. The van der Waals surface area contributed by atoms with E-state index in [1.54, 1.807) is 19.1 Å². The number of para-hydroxylation sites is 2. The lowest BCUT2D eigenvalue weighted by atomic mass is 10.2. The van der Waals surface area contributed by atoms with E-state index in [1.165, 1.54) is 41.1 Å². The van der Waals surface area contributed by atoms with Gasteiger partial charge in [0.1, 0.15) is 11.5 Å². The molecule has 0 spiro atoms. The first-order valence-corrected chi connectivity index (χ1v) is 8.59. The van der Waals surface area contributed by atoms with Crippen molar-refractivity contribution in [3.8, 4) is 5.69 Å². The van der Waals surface area contributed by atoms with E-state index in [0.717, 1.165) is 11.8 Å². The van der Waals surface area contributed by atoms with E-state index in [2.05, 4.69) is 20.8 Å². The number of nitrogens with zero attached hydrogens (tertiary/aromatic N) is 5. The van der Waals surface area contributed by atoms with Gasteiger partial charge in [0, 0.05) is 6.07 Å². The van der Waals surface area contributed by atoms with Crippen LogP contribution in [0.25, 0.3) is 5.69 Å². The first-order chi connectivity index (χ1) is 13.0. The highest BCUT2D eigenvalue weighted by atomic mass is 32.2. The van der Waals surface area contributed by atoms with Crippen molar-refractivity contribution >= 4 is 29.0 Å². The number of nitrogens with one attached hydrogen (secondary N) is 1. The Bertz CT molecular complexity index is 996. The molecule has 0 aliphatic carbocycles. The fourth-order valence-corrected chi connectivity index (χ4v) is 3.01. The molecule has 27 heavy (non-hydrogen) atoms. The van der Waals surface area contributed by atoms with E-state index < -0.39 is 21.9 Å². The molecule has 0 saturated heterocycles. The molecule has 0 saturated carbocycles. The van der Waals surface area contributed by atoms with Crippen LogP contribution in [0.2, 0.25) is 0 Å². The number of tetrazole rings is 1. The Hall–Kier alpha value is -3.34. The molecule has 1 N–H and O–H groups in total. The van der Waals surface area contributed by atoms with Crippen molar-refractivity contribution in [2.75, 3.05) is 5.32 Å². The van der Waals surface area contributed by atoms with Crippen LogP contribution in [0.4, 0.5) is 15.8 Å². The van der Waals surface area contributed by atoms with Gasteiger partial charge in [0.25, 0.3) is 5.69 Å². The van der Waals surface area contributed by atoms with Gasteiger partial charge in [-0.1, -0.05) is 30.0 Å². The Labute approximate surface area is 156 Å². The molecule has 3 aromatic rings. The van der Waals surface area contributed by atoms with Gasteiger partial charge in [0.05, 0.1) is 15.9 Å². The Morgan fingerprint density at radius 1 is 1.30 bits per heavy atom. The Balaban J connectivity index is 1.75. The highest BCUT2D eigenvalue weighted by Gasteiger charge is 2.22. The van der Waals surface area contributed by atoms with Crippen LogP contribution in [0.15, 0.2) is 53.7 Å². The molecule has 138 valence electrons. The minimum atomic E-state index is -0.664. The van der Waals surface area contributed by atoms with Gasteiger partial charge in [-0.15, -0.1) is 5.10 Å². The van der Waals surface area contributed by atoms with E-state index in [4.69, 9.17) is 0 Å². The molecule has 2 aromatic carbocycles. The Morgan fingerprint density at radius 3 is 2.81 bits per heavy atom. The SMILES string of the molecule is C[C@@H](Sc1nnnn1-c1cccc(F)c1)C(=O)Nc1ccccc1[N+](=O)[O-]. The largest absolute Gasteiger partial charge is 0.319 e. The predicted octanol–water partition coefficient (Wildman–Crippen LogP) is 2.83. The second-order valence-electron chi connectivity index (χ2n) is 5.38. The van der Waals surface area contributed by atoms with Gasteiger partial charge in [-0.05, 0) is 41.6 Å². The molecule has 1 atom stereocenters. The smallest absolute Gasteiger partial charge is 0.292 e. The summed E-state index contributed by atoms with van der Waals surface area (Å²) in [4.78, 5) is 22.9. The first kappa shape index (κ1) is 18.5. The number of benzene rings is 2. The zero-order chi connectivity index (χ0) is 19.4. The van der Waals surface area contributed by atoms with Gasteiger partial charge in [0.2, 0.25) is 11.1 Å².